The van der Waals surface area contributed by atoms with Gasteiger partial charge in [-0.1, -0.05) is 24.3 Å². The Morgan fingerprint density at radius 1 is 1.26 bits per heavy atom. The van der Waals surface area contributed by atoms with Crippen LogP contribution in [0.4, 0.5) is 5.69 Å². The standard InChI is InChI=1S/C15H18N2OS/c1-11-6-3-4-7-13(11)16-10-15(18)17-12(2)14-8-5-9-19-14/h3-9,12,16H,10H2,1-2H3,(H,17,18)/t12-/m1/s1. The molecule has 0 aliphatic heterocycles. The molecule has 100 valence electrons. The lowest BCUT2D eigenvalue weighted by Crippen LogP contribution is -2.31. The summed E-state index contributed by atoms with van der Waals surface area (Å²) in [4.78, 5) is 13.0. The summed E-state index contributed by atoms with van der Waals surface area (Å²) in [5, 5.41) is 8.15. The number of hydrogen-bond acceptors (Lipinski definition) is 3. The van der Waals surface area contributed by atoms with Crippen LogP contribution in [-0.4, -0.2) is 12.5 Å². The van der Waals surface area contributed by atoms with Crippen LogP contribution in [0.2, 0.25) is 0 Å². The summed E-state index contributed by atoms with van der Waals surface area (Å²) < 4.78 is 0. The van der Waals surface area contributed by atoms with Crippen molar-refractivity contribution in [3.05, 3.63) is 52.2 Å². The van der Waals surface area contributed by atoms with Gasteiger partial charge in [0, 0.05) is 10.6 Å². The summed E-state index contributed by atoms with van der Waals surface area (Å²) >= 11 is 1.65. The average molecular weight is 274 g/mol. The number of hydrogen-bond donors (Lipinski definition) is 2. The van der Waals surface area contributed by atoms with Crippen molar-refractivity contribution >= 4 is 22.9 Å². The number of nitrogens with one attached hydrogen (secondary N) is 2. The van der Waals surface area contributed by atoms with Crippen LogP contribution in [0.3, 0.4) is 0 Å². The van der Waals surface area contributed by atoms with Crippen molar-refractivity contribution < 1.29 is 4.79 Å². The zero-order chi connectivity index (χ0) is 13.7. The average Bonchev–Trinajstić information content (AvgIpc) is 2.91. The van der Waals surface area contributed by atoms with Crippen LogP contribution in [0.5, 0.6) is 0 Å². The highest BCUT2D eigenvalue weighted by atomic mass is 32.1. The van der Waals surface area contributed by atoms with Gasteiger partial charge < -0.3 is 10.6 Å². The Kier molecular flexibility index (Phi) is 4.58. The molecule has 3 nitrogen and oxygen atoms in total. The topological polar surface area (TPSA) is 41.1 Å². The van der Waals surface area contributed by atoms with Crippen LogP contribution in [0.1, 0.15) is 23.4 Å². The lowest BCUT2D eigenvalue weighted by molar-refractivity contribution is -0.120. The molecule has 2 aromatic rings. The van der Waals surface area contributed by atoms with E-state index in [9.17, 15) is 4.79 Å². The highest BCUT2D eigenvalue weighted by Gasteiger charge is 2.10. The molecule has 19 heavy (non-hydrogen) atoms. The molecule has 4 heteroatoms. The van der Waals surface area contributed by atoms with E-state index in [0.717, 1.165) is 11.3 Å². The first-order chi connectivity index (χ1) is 9.16. The van der Waals surface area contributed by atoms with E-state index in [1.165, 1.54) is 4.88 Å². The van der Waals surface area contributed by atoms with Crippen molar-refractivity contribution in [1.82, 2.24) is 5.32 Å². The number of anilines is 1. The van der Waals surface area contributed by atoms with Crippen LogP contribution in [-0.2, 0) is 4.79 Å². The minimum atomic E-state index is 0.00385. The van der Waals surface area contributed by atoms with Gasteiger partial charge in [0.15, 0.2) is 0 Å². The van der Waals surface area contributed by atoms with Gasteiger partial charge >= 0.3 is 0 Å². The predicted molar refractivity (Wildman–Crippen MR) is 80.5 cm³/mol. The molecule has 0 aliphatic rings. The highest BCUT2D eigenvalue weighted by molar-refractivity contribution is 7.10. The summed E-state index contributed by atoms with van der Waals surface area (Å²) in [5.74, 6) is 0.00385. The van der Waals surface area contributed by atoms with Gasteiger partial charge in [-0.05, 0) is 36.9 Å². The molecule has 0 bridgehead atoms. The van der Waals surface area contributed by atoms with Crippen LogP contribution >= 0.6 is 11.3 Å². The normalized spacial score (nSPS) is 11.9. The Hall–Kier alpha value is -1.81. The first-order valence-electron chi connectivity index (χ1n) is 6.29. The third-order valence-electron chi connectivity index (χ3n) is 2.93. The number of amides is 1. The molecule has 1 amide bonds. The minimum absolute atomic E-state index is 0.00385. The predicted octanol–water partition coefficient (Wildman–Crippen LogP) is 3.35. The van der Waals surface area contributed by atoms with Gasteiger partial charge in [0.2, 0.25) is 5.91 Å². The van der Waals surface area contributed by atoms with Gasteiger partial charge in [-0.15, -0.1) is 11.3 Å². The van der Waals surface area contributed by atoms with E-state index in [1.807, 2.05) is 55.6 Å². The number of rotatable bonds is 5. The maximum atomic E-state index is 11.9. The Morgan fingerprint density at radius 3 is 2.74 bits per heavy atom. The second-order valence-corrected chi connectivity index (χ2v) is 5.45. The molecular weight excluding hydrogens is 256 g/mol. The number of benzene rings is 1. The summed E-state index contributed by atoms with van der Waals surface area (Å²) in [6.45, 7) is 4.31. The SMILES string of the molecule is Cc1ccccc1NCC(=O)N[C@H](C)c1cccs1. The molecule has 1 heterocycles. The van der Waals surface area contributed by atoms with Gasteiger partial charge in [-0.25, -0.2) is 0 Å². The number of carbonyl (C=O) groups excluding carboxylic acids is 1. The van der Waals surface area contributed by atoms with Crippen molar-refractivity contribution in [1.29, 1.82) is 0 Å². The lowest BCUT2D eigenvalue weighted by atomic mass is 10.2. The van der Waals surface area contributed by atoms with E-state index in [4.69, 9.17) is 0 Å². The van der Waals surface area contributed by atoms with E-state index in [2.05, 4.69) is 10.6 Å². The Bertz CT molecular complexity index is 537. The molecule has 0 aliphatic carbocycles. The Balaban J connectivity index is 1.84. The van der Waals surface area contributed by atoms with Crippen molar-refractivity contribution in [2.45, 2.75) is 19.9 Å². The maximum absolute atomic E-state index is 11.9. The van der Waals surface area contributed by atoms with E-state index in [1.54, 1.807) is 11.3 Å². The molecule has 2 rings (SSSR count). The Morgan fingerprint density at radius 2 is 2.05 bits per heavy atom. The monoisotopic (exact) mass is 274 g/mol. The molecule has 0 fully saturated rings. The summed E-state index contributed by atoms with van der Waals surface area (Å²) in [5.41, 5.74) is 2.14. The van der Waals surface area contributed by atoms with Crippen molar-refractivity contribution in [3.63, 3.8) is 0 Å². The first-order valence-corrected chi connectivity index (χ1v) is 7.17. The number of para-hydroxylation sites is 1. The van der Waals surface area contributed by atoms with Gasteiger partial charge in [0.25, 0.3) is 0 Å². The fourth-order valence-electron chi connectivity index (χ4n) is 1.85. The van der Waals surface area contributed by atoms with Gasteiger partial charge in [-0.2, -0.15) is 0 Å². The molecule has 1 aromatic carbocycles. The largest absolute Gasteiger partial charge is 0.376 e. The maximum Gasteiger partial charge on any atom is 0.239 e. The fraction of sp³-hybridized carbons (Fsp3) is 0.267. The van der Waals surface area contributed by atoms with E-state index < -0.39 is 0 Å². The van der Waals surface area contributed by atoms with E-state index in [-0.39, 0.29) is 11.9 Å². The highest BCUT2D eigenvalue weighted by Crippen LogP contribution is 2.18. The quantitative estimate of drug-likeness (QED) is 0.878. The third kappa shape index (κ3) is 3.83. The van der Waals surface area contributed by atoms with Crippen LogP contribution in [0.15, 0.2) is 41.8 Å². The second kappa shape index (κ2) is 6.38. The molecule has 0 spiro atoms. The summed E-state index contributed by atoms with van der Waals surface area (Å²) in [7, 11) is 0. The Labute approximate surface area is 117 Å². The molecule has 0 saturated carbocycles. The number of thiophene rings is 1. The zero-order valence-electron chi connectivity index (χ0n) is 11.1. The lowest BCUT2D eigenvalue weighted by Gasteiger charge is -2.14. The van der Waals surface area contributed by atoms with Crippen molar-refractivity contribution in [3.8, 4) is 0 Å². The molecule has 2 N–H and O–H groups in total. The minimum Gasteiger partial charge on any atom is -0.376 e. The van der Waals surface area contributed by atoms with Crippen LogP contribution in [0, 0.1) is 6.92 Å². The molecule has 0 unspecified atom stereocenters. The number of aryl methyl sites for hydroxylation is 1. The second-order valence-electron chi connectivity index (χ2n) is 4.47. The fourth-order valence-corrected chi connectivity index (χ4v) is 2.58. The van der Waals surface area contributed by atoms with Crippen LogP contribution < -0.4 is 10.6 Å². The van der Waals surface area contributed by atoms with Crippen molar-refractivity contribution in [2.75, 3.05) is 11.9 Å². The third-order valence-corrected chi connectivity index (χ3v) is 3.99. The van der Waals surface area contributed by atoms with Gasteiger partial charge in [0.05, 0.1) is 12.6 Å². The summed E-state index contributed by atoms with van der Waals surface area (Å²) in [6.07, 6.45) is 0. The van der Waals surface area contributed by atoms with Crippen LogP contribution in [0.25, 0.3) is 0 Å². The van der Waals surface area contributed by atoms with E-state index in [0.29, 0.717) is 6.54 Å². The zero-order valence-corrected chi connectivity index (χ0v) is 12.0. The van der Waals surface area contributed by atoms with E-state index >= 15 is 0 Å². The number of carbonyl (C=O) groups is 1. The first kappa shape index (κ1) is 13.6. The van der Waals surface area contributed by atoms with Crippen molar-refractivity contribution in [2.24, 2.45) is 0 Å². The molecule has 0 radical (unpaired) electrons. The van der Waals surface area contributed by atoms with Gasteiger partial charge in [0.1, 0.15) is 0 Å². The molecule has 1 atom stereocenters. The smallest absolute Gasteiger partial charge is 0.239 e. The molecule has 0 saturated heterocycles. The molecular formula is C15H18N2OS. The summed E-state index contributed by atoms with van der Waals surface area (Å²) in [6, 6.07) is 12.0. The molecule has 1 aromatic heterocycles. The van der Waals surface area contributed by atoms with Gasteiger partial charge in [-0.3, -0.25) is 4.79 Å².